The Bertz CT molecular complexity index is 1110. The number of hydrogen-bond acceptors (Lipinski definition) is 7. The van der Waals surface area contributed by atoms with Gasteiger partial charge in [0.05, 0.1) is 43.2 Å². The lowest BCUT2D eigenvalue weighted by Gasteiger charge is -2.29. The molecule has 0 atom stereocenters. The Morgan fingerprint density at radius 1 is 1.15 bits per heavy atom. The molecule has 7 nitrogen and oxygen atoms in total. The van der Waals surface area contributed by atoms with E-state index in [0.29, 0.717) is 28.7 Å². The third kappa shape index (κ3) is 5.24. The van der Waals surface area contributed by atoms with Gasteiger partial charge in [-0.1, -0.05) is 23.5 Å². The lowest BCUT2D eigenvalue weighted by molar-refractivity contribution is 0.0391. The number of morpholine rings is 1. The van der Waals surface area contributed by atoms with E-state index in [0.717, 1.165) is 48.6 Å². The number of hydrogen-bond donors (Lipinski definition) is 0. The van der Waals surface area contributed by atoms with Gasteiger partial charge in [0.2, 0.25) is 0 Å². The van der Waals surface area contributed by atoms with Crippen LogP contribution >= 0.6 is 23.7 Å². The van der Waals surface area contributed by atoms with Gasteiger partial charge < -0.3 is 14.2 Å². The first-order valence-corrected chi connectivity index (χ1v) is 11.5. The minimum Gasteiger partial charge on any atom is -0.493 e. The lowest BCUT2D eigenvalue weighted by atomic mass is 10.1. The van der Waals surface area contributed by atoms with Gasteiger partial charge in [-0.3, -0.25) is 14.6 Å². The van der Waals surface area contributed by atoms with Crippen molar-refractivity contribution in [3.05, 3.63) is 47.0 Å². The van der Waals surface area contributed by atoms with Crippen LogP contribution in [-0.2, 0) is 4.74 Å². The molecule has 1 fully saturated rings. The number of anilines is 1. The van der Waals surface area contributed by atoms with Crippen molar-refractivity contribution in [2.75, 3.05) is 58.5 Å². The maximum absolute atomic E-state index is 13.8. The summed E-state index contributed by atoms with van der Waals surface area (Å²) >= 11 is 1.54. The summed E-state index contributed by atoms with van der Waals surface area (Å²) in [7, 11) is 3.12. The molecule has 0 aliphatic carbocycles. The second-order valence-corrected chi connectivity index (χ2v) is 8.81. The Hall–Kier alpha value is -2.39. The molecular weight excluding hydrogens is 462 g/mol. The van der Waals surface area contributed by atoms with E-state index in [2.05, 4.69) is 30.9 Å². The first-order valence-electron chi connectivity index (χ1n) is 10.7. The van der Waals surface area contributed by atoms with E-state index in [4.69, 9.17) is 19.2 Å². The van der Waals surface area contributed by atoms with E-state index in [1.54, 1.807) is 37.3 Å². The number of carbonyl (C=O) groups is 1. The number of fused-ring (bicyclic) bond motifs is 1. The Kier molecular flexibility index (Phi) is 8.53. The highest BCUT2D eigenvalue weighted by Gasteiger charge is 2.27. The number of ether oxygens (including phenoxy) is 3. The van der Waals surface area contributed by atoms with Crippen LogP contribution in [0.3, 0.4) is 0 Å². The van der Waals surface area contributed by atoms with Crippen molar-refractivity contribution in [3.8, 4) is 11.5 Å². The number of nitrogens with zero attached hydrogens (tertiary/aromatic N) is 3. The molecule has 33 heavy (non-hydrogen) atoms. The molecule has 9 heteroatoms. The van der Waals surface area contributed by atoms with Crippen molar-refractivity contribution in [1.82, 2.24) is 9.88 Å². The Labute approximate surface area is 204 Å². The fraction of sp³-hybridized carbons (Fsp3) is 0.417. The van der Waals surface area contributed by atoms with Crippen LogP contribution in [-0.4, -0.2) is 69.4 Å². The summed E-state index contributed by atoms with van der Waals surface area (Å²) in [4.78, 5) is 22.8. The maximum atomic E-state index is 13.8. The van der Waals surface area contributed by atoms with Crippen LogP contribution in [0.4, 0.5) is 5.13 Å². The van der Waals surface area contributed by atoms with Gasteiger partial charge in [0.15, 0.2) is 16.6 Å². The average Bonchev–Trinajstić information content (AvgIpc) is 3.26. The zero-order valence-corrected chi connectivity index (χ0v) is 21.1. The van der Waals surface area contributed by atoms with Gasteiger partial charge in [-0.15, -0.1) is 12.4 Å². The molecule has 3 aromatic rings. The molecule has 1 aliphatic rings. The first-order chi connectivity index (χ1) is 15.5. The number of thiazole rings is 1. The molecule has 1 amide bonds. The van der Waals surface area contributed by atoms with Crippen LogP contribution in [0.15, 0.2) is 30.3 Å². The van der Waals surface area contributed by atoms with Crippen molar-refractivity contribution in [2.45, 2.75) is 13.8 Å². The smallest absolute Gasteiger partial charge is 0.264 e. The zero-order valence-electron chi connectivity index (χ0n) is 19.4. The van der Waals surface area contributed by atoms with Crippen LogP contribution in [0.2, 0.25) is 0 Å². The normalized spacial score (nSPS) is 14.1. The summed E-state index contributed by atoms with van der Waals surface area (Å²) in [5.41, 5.74) is 3.74. The number of methoxy groups -OCH3 is 2. The first kappa shape index (κ1) is 25.2. The Balaban J connectivity index is 0.00000306. The van der Waals surface area contributed by atoms with E-state index in [1.807, 2.05) is 0 Å². The van der Waals surface area contributed by atoms with Crippen molar-refractivity contribution in [1.29, 1.82) is 0 Å². The number of para-hydroxylation sites is 1. The minimum absolute atomic E-state index is 0. The summed E-state index contributed by atoms with van der Waals surface area (Å²) in [5.74, 6) is 0.814. The fourth-order valence-electron chi connectivity index (χ4n) is 3.88. The molecule has 0 bridgehead atoms. The van der Waals surface area contributed by atoms with Gasteiger partial charge in [-0.05, 0) is 43.2 Å². The quantitative estimate of drug-likeness (QED) is 0.490. The fourth-order valence-corrected chi connectivity index (χ4v) is 4.93. The summed E-state index contributed by atoms with van der Waals surface area (Å²) in [6, 6.07) is 9.55. The van der Waals surface area contributed by atoms with E-state index in [-0.39, 0.29) is 18.3 Å². The monoisotopic (exact) mass is 491 g/mol. The minimum atomic E-state index is -0.151. The number of aryl methyl sites for hydroxylation is 2. The van der Waals surface area contributed by atoms with E-state index < -0.39 is 0 Å². The summed E-state index contributed by atoms with van der Waals surface area (Å²) in [6.07, 6.45) is 0. The SMILES string of the molecule is COc1cccc(C(=O)N(CCN2CCOCC2)c2nc3c(C)c(C)ccc3s2)c1OC.Cl. The van der Waals surface area contributed by atoms with Gasteiger partial charge in [0, 0.05) is 26.2 Å². The molecule has 0 saturated carbocycles. The molecule has 4 rings (SSSR count). The van der Waals surface area contributed by atoms with Crippen LogP contribution in [0, 0.1) is 13.8 Å². The summed E-state index contributed by atoms with van der Waals surface area (Å²) < 4.78 is 17.5. The molecule has 0 N–H and O–H groups in total. The van der Waals surface area contributed by atoms with Gasteiger partial charge in [0.1, 0.15) is 0 Å². The standard InChI is InChI=1S/C24H29N3O4S.ClH/c1-16-8-9-20-21(17(16)2)25-24(32-20)27(11-10-26-12-14-31-15-13-26)23(28)18-6-5-7-19(29-3)22(18)30-4;/h5-9H,10-15H2,1-4H3;1H. The third-order valence-corrected chi connectivity index (χ3v) is 6.97. The van der Waals surface area contributed by atoms with Gasteiger partial charge in [-0.25, -0.2) is 4.98 Å². The number of aromatic nitrogens is 1. The lowest BCUT2D eigenvalue weighted by Crippen LogP contribution is -2.43. The van der Waals surface area contributed by atoms with Crippen molar-refractivity contribution < 1.29 is 19.0 Å². The predicted octanol–water partition coefficient (Wildman–Crippen LogP) is 4.33. The number of rotatable bonds is 7. The van der Waals surface area contributed by atoms with Crippen LogP contribution in [0.25, 0.3) is 10.2 Å². The summed E-state index contributed by atoms with van der Waals surface area (Å²) in [5, 5.41) is 0.692. The van der Waals surface area contributed by atoms with Gasteiger partial charge >= 0.3 is 0 Å². The van der Waals surface area contributed by atoms with Crippen molar-refractivity contribution in [2.24, 2.45) is 0 Å². The average molecular weight is 492 g/mol. The van der Waals surface area contributed by atoms with E-state index in [9.17, 15) is 4.79 Å². The van der Waals surface area contributed by atoms with Crippen LogP contribution in [0.1, 0.15) is 21.5 Å². The Morgan fingerprint density at radius 2 is 1.91 bits per heavy atom. The maximum Gasteiger partial charge on any atom is 0.264 e. The van der Waals surface area contributed by atoms with Crippen molar-refractivity contribution in [3.63, 3.8) is 0 Å². The van der Waals surface area contributed by atoms with E-state index >= 15 is 0 Å². The molecule has 2 heterocycles. The topological polar surface area (TPSA) is 64.1 Å². The molecular formula is C24H30ClN3O4S. The highest BCUT2D eigenvalue weighted by Crippen LogP contribution is 2.35. The zero-order chi connectivity index (χ0) is 22.7. The highest BCUT2D eigenvalue weighted by atomic mass is 35.5. The largest absolute Gasteiger partial charge is 0.493 e. The molecule has 178 valence electrons. The van der Waals surface area contributed by atoms with Crippen LogP contribution < -0.4 is 14.4 Å². The molecule has 0 spiro atoms. The summed E-state index contributed by atoms with van der Waals surface area (Å²) in [6.45, 7) is 8.59. The van der Waals surface area contributed by atoms with Gasteiger partial charge in [0.25, 0.3) is 5.91 Å². The molecule has 0 unspecified atom stereocenters. The van der Waals surface area contributed by atoms with Crippen molar-refractivity contribution >= 4 is 45.0 Å². The third-order valence-electron chi connectivity index (χ3n) is 5.93. The van der Waals surface area contributed by atoms with E-state index in [1.165, 1.54) is 16.9 Å². The number of halogens is 1. The van der Waals surface area contributed by atoms with Gasteiger partial charge in [-0.2, -0.15) is 0 Å². The number of amides is 1. The Morgan fingerprint density at radius 3 is 2.61 bits per heavy atom. The molecule has 1 aliphatic heterocycles. The second-order valence-electron chi connectivity index (χ2n) is 7.80. The molecule has 1 aromatic heterocycles. The predicted molar refractivity (Wildman–Crippen MR) is 135 cm³/mol. The van der Waals surface area contributed by atoms with Crippen LogP contribution in [0.5, 0.6) is 11.5 Å². The molecule has 0 radical (unpaired) electrons. The molecule has 1 saturated heterocycles. The highest BCUT2D eigenvalue weighted by molar-refractivity contribution is 7.22. The second kappa shape index (κ2) is 11.2. The number of benzene rings is 2. The molecule has 2 aromatic carbocycles. The number of carbonyl (C=O) groups excluding carboxylic acids is 1.